The van der Waals surface area contributed by atoms with E-state index >= 15 is 0 Å². The summed E-state index contributed by atoms with van der Waals surface area (Å²) in [7, 11) is 6.96. The number of aryl methyl sites for hydroxylation is 1. The maximum atomic E-state index is 13.6. The van der Waals surface area contributed by atoms with Crippen molar-refractivity contribution in [3.63, 3.8) is 0 Å². The SMILES string of the molecule is COc1ccc(-n2cc(C(=O)NCCN(C)C)c3nc4c(C)cccc4cc3c2=O)cc1OC. The van der Waals surface area contributed by atoms with Crippen LogP contribution in [0.1, 0.15) is 15.9 Å². The second kappa shape index (κ2) is 9.52. The Labute approximate surface area is 197 Å². The summed E-state index contributed by atoms with van der Waals surface area (Å²) in [6, 6.07) is 12.8. The molecule has 34 heavy (non-hydrogen) atoms. The second-order valence-electron chi connectivity index (χ2n) is 8.35. The largest absolute Gasteiger partial charge is 0.493 e. The standard InChI is InChI=1S/C26H28N4O4/c1-16-7-6-8-17-13-19-24(28-23(16)17)20(25(31)27-11-12-29(2)3)15-30(26(19)32)18-9-10-21(33-4)22(14-18)34-5/h6-10,13-15H,11-12H2,1-5H3,(H,27,31). The molecule has 0 radical (unpaired) electrons. The Kier molecular flexibility index (Phi) is 6.51. The molecule has 0 unspecified atom stereocenters. The van der Waals surface area contributed by atoms with Gasteiger partial charge < -0.3 is 19.7 Å². The van der Waals surface area contributed by atoms with E-state index < -0.39 is 0 Å². The number of benzene rings is 2. The van der Waals surface area contributed by atoms with Crippen molar-refractivity contribution in [2.75, 3.05) is 41.4 Å². The van der Waals surface area contributed by atoms with Crippen LogP contribution in [-0.2, 0) is 0 Å². The number of hydrogen-bond acceptors (Lipinski definition) is 6. The molecule has 2 heterocycles. The molecule has 0 saturated carbocycles. The summed E-state index contributed by atoms with van der Waals surface area (Å²) in [4.78, 5) is 33.6. The molecule has 176 valence electrons. The van der Waals surface area contributed by atoms with Crippen molar-refractivity contribution in [1.29, 1.82) is 0 Å². The van der Waals surface area contributed by atoms with Gasteiger partial charge in [0.15, 0.2) is 11.5 Å². The molecule has 0 saturated heterocycles. The molecule has 8 heteroatoms. The summed E-state index contributed by atoms with van der Waals surface area (Å²) in [6.07, 6.45) is 1.55. The van der Waals surface area contributed by atoms with Crippen molar-refractivity contribution in [3.8, 4) is 17.2 Å². The van der Waals surface area contributed by atoms with Crippen LogP contribution in [0.3, 0.4) is 0 Å². The molecule has 2 aromatic carbocycles. The molecule has 4 aromatic rings. The van der Waals surface area contributed by atoms with E-state index in [2.05, 4.69) is 5.32 Å². The normalized spacial score (nSPS) is 11.2. The number of rotatable bonds is 7. The van der Waals surface area contributed by atoms with Gasteiger partial charge in [-0.25, -0.2) is 4.98 Å². The van der Waals surface area contributed by atoms with Gasteiger partial charge in [-0.15, -0.1) is 0 Å². The Morgan fingerprint density at radius 1 is 1.06 bits per heavy atom. The zero-order valence-electron chi connectivity index (χ0n) is 20.0. The molecule has 2 aromatic heterocycles. The smallest absolute Gasteiger partial charge is 0.264 e. The number of amides is 1. The minimum Gasteiger partial charge on any atom is -0.493 e. The highest BCUT2D eigenvalue weighted by atomic mass is 16.5. The Morgan fingerprint density at radius 3 is 2.53 bits per heavy atom. The molecule has 0 fully saturated rings. The van der Waals surface area contributed by atoms with Crippen LogP contribution in [0, 0.1) is 6.92 Å². The van der Waals surface area contributed by atoms with Crippen LogP contribution >= 0.6 is 0 Å². The molecule has 1 N–H and O–H groups in total. The summed E-state index contributed by atoms with van der Waals surface area (Å²) in [5.74, 6) is 0.739. The number of carbonyl (C=O) groups is 1. The van der Waals surface area contributed by atoms with E-state index in [-0.39, 0.29) is 11.5 Å². The van der Waals surface area contributed by atoms with Gasteiger partial charge in [-0.05, 0) is 44.8 Å². The average Bonchev–Trinajstić information content (AvgIpc) is 2.83. The van der Waals surface area contributed by atoms with Gasteiger partial charge in [0.1, 0.15) is 0 Å². The van der Waals surface area contributed by atoms with E-state index in [1.807, 2.05) is 44.1 Å². The minimum atomic E-state index is -0.290. The average molecular weight is 461 g/mol. The molecule has 0 spiro atoms. The first-order chi connectivity index (χ1) is 16.3. The van der Waals surface area contributed by atoms with Gasteiger partial charge in [-0.2, -0.15) is 0 Å². The summed E-state index contributed by atoms with van der Waals surface area (Å²) in [5.41, 5.74) is 2.72. The van der Waals surface area contributed by atoms with E-state index in [4.69, 9.17) is 14.5 Å². The Hall–Kier alpha value is -3.91. The van der Waals surface area contributed by atoms with Gasteiger partial charge in [0, 0.05) is 30.7 Å². The first kappa shape index (κ1) is 23.3. The fourth-order valence-corrected chi connectivity index (χ4v) is 3.91. The molecule has 0 aliphatic heterocycles. The van der Waals surface area contributed by atoms with E-state index in [0.717, 1.165) is 16.5 Å². The molecule has 0 atom stereocenters. The van der Waals surface area contributed by atoms with Crippen LogP contribution in [0.4, 0.5) is 0 Å². The fourth-order valence-electron chi connectivity index (χ4n) is 3.91. The third kappa shape index (κ3) is 4.32. The monoisotopic (exact) mass is 460 g/mol. The summed E-state index contributed by atoms with van der Waals surface area (Å²) in [6.45, 7) is 3.12. The van der Waals surface area contributed by atoms with Crippen LogP contribution in [0.2, 0.25) is 0 Å². The van der Waals surface area contributed by atoms with E-state index in [1.54, 1.807) is 37.6 Å². The van der Waals surface area contributed by atoms with Gasteiger partial charge in [0.05, 0.1) is 41.9 Å². The van der Waals surface area contributed by atoms with Gasteiger partial charge in [-0.3, -0.25) is 14.2 Å². The van der Waals surface area contributed by atoms with Crippen LogP contribution in [0.15, 0.2) is 53.5 Å². The third-order valence-corrected chi connectivity index (χ3v) is 5.74. The van der Waals surface area contributed by atoms with Gasteiger partial charge in [0.2, 0.25) is 0 Å². The number of carbonyl (C=O) groups excluding carboxylic acids is 1. The first-order valence-electron chi connectivity index (χ1n) is 10.9. The lowest BCUT2D eigenvalue weighted by atomic mass is 10.1. The highest BCUT2D eigenvalue weighted by Gasteiger charge is 2.19. The minimum absolute atomic E-state index is 0.275. The highest BCUT2D eigenvalue weighted by molar-refractivity contribution is 6.07. The maximum Gasteiger partial charge on any atom is 0.264 e. The van der Waals surface area contributed by atoms with Crippen molar-refractivity contribution >= 4 is 27.7 Å². The number of fused-ring (bicyclic) bond motifs is 2. The number of likely N-dealkylation sites (N-methyl/N-ethyl adjacent to an activating group) is 1. The number of hydrogen-bond donors (Lipinski definition) is 1. The summed E-state index contributed by atoms with van der Waals surface area (Å²) >= 11 is 0. The number of nitrogens with zero attached hydrogens (tertiary/aromatic N) is 3. The van der Waals surface area contributed by atoms with Gasteiger partial charge in [-0.1, -0.05) is 18.2 Å². The van der Waals surface area contributed by atoms with E-state index in [0.29, 0.717) is 46.7 Å². The van der Waals surface area contributed by atoms with Crippen molar-refractivity contribution in [2.45, 2.75) is 6.92 Å². The number of ether oxygens (including phenoxy) is 2. The molecular weight excluding hydrogens is 432 g/mol. The van der Waals surface area contributed by atoms with E-state index in [9.17, 15) is 9.59 Å². The van der Waals surface area contributed by atoms with Crippen molar-refractivity contribution in [2.24, 2.45) is 0 Å². The molecule has 8 nitrogen and oxygen atoms in total. The Morgan fingerprint density at radius 2 is 1.82 bits per heavy atom. The number of methoxy groups -OCH3 is 2. The number of aromatic nitrogens is 2. The van der Waals surface area contributed by atoms with Crippen molar-refractivity contribution in [3.05, 3.63) is 70.1 Å². The first-order valence-corrected chi connectivity index (χ1v) is 10.9. The highest BCUT2D eigenvalue weighted by Crippen LogP contribution is 2.29. The zero-order valence-corrected chi connectivity index (χ0v) is 20.0. The fraction of sp³-hybridized carbons (Fsp3) is 0.269. The van der Waals surface area contributed by atoms with Gasteiger partial charge >= 0.3 is 0 Å². The molecule has 4 rings (SSSR count). The van der Waals surface area contributed by atoms with E-state index in [1.165, 1.54) is 11.7 Å². The molecular formula is C26H28N4O4. The lowest BCUT2D eigenvalue weighted by molar-refractivity contribution is 0.0952. The predicted molar refractivity (Wildman–Crippen MR) is 134 cm³/mol. The third-order valence-electron chi connectivity index (χ3n) is 5.74. The Bertz CT molecular complexity index is 1440. The lowest BCUT2D eigenvalue weighted by Crippen LogP contribution is -2.32. The molecule has 0 aliphatic carbocycles. The number of para-hydroxylation sites is 1. The quantitative estimate of drug-likeness (QED) is 0.427. The lowest BCUT2D eigenvalue weighted by Gasteiger charge is -2.15. The van der Waals surface area contributed by atoms with Crippen LogP contribution < -0.4 is 20.3 Å². The van der Waals surface area contributed by atoms with Crippen LogP contribution in [-0.4, -0.2) is 61.8 Å². The second-order valence-corrected chi connectivity index (χ2v) is 8.35. The van der Waals surface area contributed by atoms with Crippen molar-refractivity contribution < 1.29 is 14.3 Å². The zero-order chi connectivity index (χ0) is 24.4. The summed E-state index contributed by atoms with van der Waals surface area (Å²) < 4.78 is 12.2. The Balaban J connectivity index is 1.97. The number of pyridine rings is 2. The topological polar surface area (TPSA) is 85.7 Å². The predicted octanol–water partition coefficient (Wildman–Crippen LogP) is 3.16. The van der Waals surface area contributed by atoms with Crippen LogP contribution in [0.5, 0.6) is 11.5 Å². The number of nitrogens with one attached hydrogen (secondary N) is 1. The maximum absolute atomic E-state index is 13.6. The van der Waals surface area contributed by atoms with Gasteiger partial charge in [0.25, 0.3) is 11.5 Å². The molecule has 0 bridgehead atoms. The molecule has 0 aliphatic rings. The van der Waals surface area contributed by atoms with Crippen LogP contribution in [0.25, 0.3) is 27.5 Å². The molecule has 1 amide bonds. The van der Waals surface area contributed by atoms with Crippen molar-refractivity contribution in [1.82, 2.24) is 19.8 Å². The summed E-state index contributed by atoms with van der Waals surface area (Å²) in [5, 5.41) is 4.15.